The summed E-state index contributed by atoms with van der Waals surface area (Å²) < 4.78 is 17.8. The highest BCUT2D eigenvalue weighted by atomic mass is 19.1. The van der Waals surface area contributed by atoms with Crippen molar-refractivity contribution in [2.45, 2.75) is 32.2 Å². The SMILES string of the molecule is CCCCC(NOCCOC)c1ccc(F)cc1. The number of nitrogens with one attached hydrogen (secondary N) is 1. The van der Waals surface area contributed by atoms with Crippen LogP contribution in [0.3, 0.4) is 0 Å². The van der Waals surface area contributed by atoms with Gasteiger partial charge in [-0.1, -0.05) is 31.9 Å². The smallest absolute Gasteiger partial charge is 0.123 e. The van der Waals surface area contributed by atoms with Crippen LogP contribution in [0.15, 0.2) is 24.3 Å². The molecular weight excluding hydrogens is 233 g/mol. The van der Waals surface area contributed by atoms with E-state index in [2.05, 4.69) is 12.4 Å². The third-order valence-electron chi connectivity index (χ3n) is 2.73. The van der Waals surface area contributed by atoms with Crippen molar-refractivity contribution >= 4 is 0 Å². The number of hydroxylamine groups is 1. The lowest BCUT2D eigenvalue weighted by Crippen LogP contribution is -2.23. The van der Waals surface area contributed by atoms with Crippen molar-refractivity contribution in [3.8, 4) is 0 Å². The van der Waals surface area contributed by atoms with E-state index in [-0.39, 0.29) is 11.9 Å². The Hall–Kier alpha value is -0.970. The van der Waals surface area contributed by atoms with Crippen LogP contribution in [0.5, 0.6) is 0 Å². The molecule has 0 aliphatic carbocycles. The van der Waals surface area contributed by atoms with E-state index >= 15 is 0 Å². The van der Waals surface area contributed by atoms with Gasteiger partial charge in [0.2, 0.25) is 0 Å². The van der Waals surface area contributed by atoms with E-state index in [0.717, 1.165) is 24.8 Å². The van der Waals surface area contributed by atoms with Gasteiger partial charge in [0, 0.05) is 7.11 Å². The lowest BCUT2D eigenvalue weighted by atomic mass is 10.0. The topological polar surface area (TPSA) is 30.5 Å². The van der Waals surface area contributed by atoms with Gasteiger partial charge in [-0.2, -0.15) is 5.48 Å². The summed E-state index contributed by atoms with van der Waals surface area (Å²) in [5, 5.41) is 0. The van der Waals surface area contributed by atoms with Crippen LogP contribution in [0.1, 0.15) is 37.8 Å². The van der Waals surface area contributed by atoms with Crippen LogP contribution in [0.4, 0.5) is 4.39 Å². The van der Waals surface area contributed by atoms with E-state index in [1.807, 2.05) is 0 Å². The van der Waals surface area contributed by atoms with Crippen molar-refractivity contribution < 1.29 is 14.0 Å². The Morgan fingerprint density at radius 2 is 1.94 bits per heavy atom. The van der Waals surface area contributed by atoms with Crippen LogP contribution in [-0.4, -0.2) is 20.3 Å². The predicted molar refractivity (Wildman–Crippen MR) is 69.6 cm³/mol. The second kappa shape index (κ2) is 9.03. The average molecular weight is 255 g/mol. The first kappa shape index (κ1) is 15.1. The fourth-order valence-corrected chi connectivity index (χ4v) is 1.68. The minimum atomic E-state index is -0.215. The Morgan fingerprint density at radius 3 is 2.56 bits per heavy atom. The van der Waals surface area contributed by atoms with Crippen molar-refractivity contribution in [2.24, 2.45) is 0 Å². The number of halogens is 1. The number of methoxy groups -OCH3 is 1. The molecule has 0 amide bonds. The summed E-state index contributed by atoms with van der Waals surface area (Å²) in [4.78, 5) is 5.35. The lowest BCUT2D eigenvalue weighted by Gasteiger charge is -2.18. The monoisotopic (exact) mass is 255 g/mol. The number of ether oxygens (including phenoxy) is 1. The zero-order valence-electron chi connectivity index (χ0n) is 11.1. The van der Waals surface area contributed by atoms with Crippen LogP contribution in [-0.2, 0) is 9.57 Å². The van der Waals surface area contributed by atoms with E-state index in [4.69, 9.17) is 9.57 Å². The van der Waals surface area contributed by atoms with Gasteiger partial charge < -0.3 is 4.74 Å². The molecule has 0 heterocycles. The molecule has 0 fully saturated rings. The molecule has 18 heavy (non-hydrogen) atoms. The van der Waals surface area contributed by atoms with Gasteiger partial charge in [0.05, 0.1) is 19.3 Å². The molecule has 102 valence electrons. The molecule has 0 aromatic heterocycles. The summed E-state index contributed by atoms with van der Waals surface area (Å²) in [7, 11) is 1.64. The summed E-state index contributed by atoms with van der Waals surface area (Å²) in [6, 6.07) is 6.64. The standard InChI is InChI=1S/C14H22FNO2/c1-3-4-5-14(16-18-11-10-17-2)12-6-8-13(15)9-7-12/h6-9,14,16H,3-5,10-11H2,1-2H3. The molecule has 1 atom stereocenters. The molecule has 1 aromatic carbocycles. The normalized spacial score (nSPS) is 12.6. The summed E-state index contributed by atoms with van der Waals surface area (Å²) >= 11 is 0. The van der Waals surface area contributed by atoms with E-state index in [1.165, 1.54) is 12.1 Å². The van der Waals surface area contributed by atoms with Crippen LogP contribution in [0, 0.1) is 5.82 Å². The van der Waals surface area contributed by atoms with Gasteiger partial charge in [-0.25, -0.2) is 4.39 Å². The molecule has 4 heteroatoms. The fraction of sp³-hybridized carbons (Fsp3) is 0.571. The van der Waals surface area contributed by atoms with E-state index in [1.54, 1.807) is 19.2 Å². The number of hydrogen-bond acceptors (Lipinski definition) is 3. The minimum Gasteiger partial charge on any atom is -0.382 e. The summed E-state index contributed by atoms with van der Waals surface area (Å²) in [5.74, 6) is -0.215. The highest BCUT2D eigenvalue weighted by Crippen LogP contribution is 2.19. The Labute approximate surface area is 108 Å². The maximum Gasteiger partial charge on any atom is 0.123 e. The van der Waals surface area contributed by atoms with Gasteiger partial charge in [0.25, 0.3) is 0 Å². The number of unbranched alkanes of at least 4 members (excludes halogenated alkanes) is 1. The second-order valence-corrected chi connectivity index (χ2v) is 4.21. The molecule has 3 nitrogen and oxygen atoms in total. The van der Waals surface area contributed by atoms with Gasteiger partial charge in [-0.3, -0.25) is 4.84 Å². The first-order valence-corrected chi connectivity index (χ1v) is 6.39. The van der Waals surface area contributed by atoms with E-state index in [9.17, 15) is 4.39 Å². The maximum atomic E-state index is 12.9. The summed E-state index contributed by atoms with van der Waals surface area (Å²) in [6.45, 7) is 3.20. The highest BCUT2D eigenvalue weighted by Gasteiger charge is 2.10. The van der Waals surface area contributed by atoms with Crippen molar-refractivity contribution in [1.29, 1.82) is 0 Å². The predicted octanol–water partition coefficient (Wildman–Crippen LogP) is 3.22. The Morgan fingerprint density at radius 1 is 1.22 bits per heavy atom. The van der Waals surface area contributed by atoms with E-state index < -0.39 is 0 Å². The summed E-state index contributed by atoms with van der Waals surface area (Å²) in [6.07, 6.45) is 3.19. The zero-order valence-corrected chi connectivity index (χ0v) is 11.1. The van der Waals surface area contributed by atoms with Crippen molar-refractivity contribution in [3.05, 3.63) is 35.6 Å². The van der Waals surface area contributed by atoms with Crippen LogP contribution in [0.25, 0.3) is 0 Å². The van der Waals surface area contributed by atoms with Crippen LogP contribution >= 0.6 is 0 Å². The molecule has 1 unspecified atom stereocenters. The zero-order chi connectivity index (χ0) is 13.2. The van der Waals surface area contributed by atoms with Gasteiger partial charge in [0.1, 0.15) is 5.82 Å². The first-order chi connectivity index (χ1) is 8.77. The highest BCUT2D eigenvalue weighted by molar-refractivity contribution is 5.19. The molecule has 1 N–H and O–H groups in total. The maximum absolute atomic E-state index is 12.9. The largest absolute Gasteiger partial charge is 0.382 e. The Balaban J connectivity index is 2.51. The lowest BCUT2D eigenvalue weighted by molar-refractivity contribution is -0.0143. The molecule has 0 aliphatic heterocycles. The Kier molecular flexibility index (Phi) is 7.57. The van der Waals surface area contributed by atoms with Gasteiger partial charge in [0.15, 0.2) is 0 Å². The molecule has 1 aromatic rings. The molecule has 0 radical (unpaired) electrons. The summed E-state index contributed by atoms with van der Waals surface area (Å²) in [5.41, 5.74) is 4.07. The molecule has 1 rings (SSSR count). The molecule has 0 spiro atoms. The van der Waals surface area contributed by atoms with Crippen molar-refractivity contribution in [2.75, 3.05) is 20.3 Å². The van der Waals surface area contributed by atoms with Crippen molar-refractivity contribution in [1.82, 2.24) is 5.48 Å². The van der Waals surface area contributed by atoms with Crippen LogP contribution < -0.4 is 5.48 Å². The molecule has 0 aliphatic rings. The fourth-order valence-electron chi connectivity index (χ4n) is 1.68. The number of benzene rings is 1. The average Bonchev–Trinajstić information content (AvgIpc) is 2.39. The molecular formula is C14H22FNO2. The van der Waals surface area contributed by atoms with Gasteiger partial charge >= 0.3 is 0 Å². The first-order valence-electron chi connectivity index (χ1n) is 6.39. The minimum absolute atomic E-state index is 0.0995. The van der Waals surface area contributed by atoms with E-state index in [0.29, 0.717) is 13.2 Å². The Bertz CT molecular complexity index is 316. The van der Waals surface area contributed by atoms with Gasteiger partial charge in [-0.05, 0) is 24.1 Å². The quantitative estimate of drug-likeness (QED) is 0.543. The van der Waals surface area contributed by atoms with Gasteiger partial charge in [-0.15, -0.1) is 0 Å². The second-order valence-electron chi connectivity index (χ2n) is 4.21. The molecule has 0 bridgehead atoms. The third-order valence-corrected chi connectivity index (χ3v) is 2.73. The molecule has 0 saturated heterocycles. The van der Waals surface area contributed by atoms with Crippen LogP contribution in [0.2, 0.25) is 0 Å². The number of rotatable bonds is 9. The number of hydrogen-bond donors (Lipinski definition) is 1. The molecule has 0 saturated carbocycles. The third kappa shape index (κ3) is 5.58. The van der Waals surface area contributed by atoms with Crippen molar-refractivity contribution in [3.63, 3.8) is 0 Å².